The summed E-state index contributed by atoms with van der Waals surface area (Å²) in [5, 5.41) is 0.817. The summed E-state index contributed by atoms with van der Waals surface area (Å²) in [5.74, 6) is 0.130. The Labute approximate surface area is 152 Å². The van der Waals surface area contributed by atoms with Crippen molar-refractivity contribution < 1.29 is 13.2 Å². The second-order valence-corrected chi connectivity index (χ2v) is 8.49. The molecule has 1 aliphatic carbocycles. The van der Waals surface area contributed by atoms with E-state index >= 15 is 0 Å². The Morgan fingerprint density at radius 3 is 2.58 bits per heavy atom. The molecule has 0 unspecified atom stereocenters. The number of hydrogen-bond acceptors (Lipinski definition) is 3. The zero-order chi connectivity index (χ0) is 18.5. The van der Waals surface area contributed by atoms with Crippen LogP contribution in [-0.2, 0) is 16.4 Å². The fourth-order valence-corrected chi connectivity index (χ4v) is 5.00. The number of nitrogens with one attached hydrogen (secondary N) is 2. The number of carbonyl (C=O) groups is 1. The van der Waals surface area contributed by atoms with Gasteiger partial charge in [-0.05, 0) is 56.0 Å². The SMILES string of the molecule is Cc1ccccc1NS(=O)(=O)c1cc2[nH]c3c(c2cc1C)C(=O)CCC3. The fourth-order valence-electron chi connectivity index (χ4n) is 3.62. The minimum absolute atomic E-state index is 0.130. The van der Waals surface area contributed by atoms with Gasteiger partial charge in [0.1, 0.15) is 0 Å². The van der Waals surface area contributed by atoms with E-state index < -0.39 is 10.0 Å². The van der Waals surface area contributed by atoms with Gasteiger partial charge in [-0.25, -0.2) is 8.42 Å². The summed E-state index contributed by atoms with van der Waals surface area (Å²) >= 11 is 0. The summed E-state index contributed by atoms with van der Waals surface area (Å²) in [6.07, 6.45) is 2.20. The molecular formula is C20H20N2O3S. The quantitative estimate of drug-likeness (QED) is 0.730. The van der Waals surface area contributed by atoms with Gasteiger partial charge in [0.2, 0.25) is 0 Å². The van der Waals surface area contributed by atoms with Crippen molar-refractivity contribution >= 4 is 32.4 Å². The lowest BCUT2D eigenvalue weighted by Crippen LogP contribution is -2.15. The van der Waals surface area contributed by atoms with Crippen LogP contribution in [0.3, 0.4) is 0 Å². The Hall–Kier alpha value is -2.60. The number of ketones is 1. The molecule has 0 atom stereocenters. The first-order valence-electron chi connectivity index (χ1n) is 8.63. The fraction of sp³-hybridized carbons (Fsp3) is 0.250. The largest absolute Gasteiger partial charge is 0.358 e. The second-order valence-electron chi connectivity index (χ2n) is 6.84. The number of anilines is 1. The molecule has 0 radical (unpaired) electrons. The molecule has 0 bridgehead atoms. The minimum atomic E-state index is -3.73. The summed E-state index contributed by atoms with van der Waals surface area (Å²) in [5.41, 5.74) is 4.38. The van der Waals surface area contributed by atoms with Gasteiger partial charge in [-0.2, -0.15) is 0 Å². The van der Waals surface area contributed by atoms with Gasteiger partial charge < -0.3 is 4.98 Å². The molecule has 0 aliphatic heterocycles. The van der Waals surface area contributed by atoms with Crippen LogP contribution in [0.25, 0.3) is 10.9 Å². The van der Waals surface area contributed by atoms with E-state index in [4.69, 9.17) is 0 Å². The van der Waals surface area contributed by atoms with E-state index in [0.717, 1.165) is 35.0 Å². The van der Waals surface area contributed by atoms with Crippen molar-refractivity contribution in [1.82, 2.24) is 4.98 Å². The first-order valence-corrected chi connectivity index (χ1v) is 10.1. The van der Waals surface area contributed by atoms with Crippen LogP contribution in [0.15, 0.2) is 41.3 Å². The molecule has 5 nitrogen and oxygen atoms in total. The molecule has 0 amide bonds. The molecular weight excluding hydrogens is 348 g/mol. The average molecular weight is 368 g/mol. The highest BCUT2D eigenvalue weighted by Gasteiger charge is 2.25. The molecule has 2 N–H and O–H groups in total. The van der Waals surface area contributed by atoms with Crippen LogP contribution in [0.1, 0.15) is 40.0 Å². The normalized spacial score (nSPS) is 14.5. The van der Waals surface area contributed by atoms with Crippen LogP contribution in [0.2, 0.25) is 0 Å². The Morgan fingerprint density at radius 2 is 1.81 bits per heavy atom. The van der Waals surface area contributed by atoms with Gasteiger partial charge in [-0.3, -0.25) is 9.52 Å². The number of aryl methyl sites for hydroxylation is 3. The van der Waals surface area contributed by atoms with E-state index in [1.807, 2.05) is 19.1 Å². The monoisotopic (exact) mass is 368 g/mol. The Kier molecular flexibility index (Phi) is 3.88. The number of aromatic amines is 1. The van der Waals surface area contributed by atoms with Gasteiger partial charge in [-0.1, -0.05) is 18.2 Å². The van der Waals surface area contributed by atoms with Crippen LogP contribution in [0.4, 0.5) is 5.69 Å². The maximum atomic E-state index is 12.9. The summed E-state index contributed by atoms with van der Waals surface area (Å²) in [7, 11) is -3.73. The highest BCUT2D eigenvalue weighted by Crippen LogP contribution is 2.32. The van der Waals surface area contributed by atoms with Gasteiger partial charge in [-0.15, -0.1) is 0 Å². The maximum Gasteiger partial charge on any atom is 0.262 e. The Bertz CT molecular complexity index is 1140. The van der Waals surface area contributed by atoms with Crippen LogP contribution in [-0.4, -0.2) is 19.2 Å². The Balaban J connectivity index is 1.83. The summed E-state index contributed by atoms with van der Waals surface area (Å²) in [6.45, 7) is 3.62. The van der Waals surface area contributed by atoms with Gasteiger partial charge in [0.15, 0.2) is 5.78 Å². The molecule has 0 saturated heterocycles. The average Bonchev–Trinajstić information content (AvgIpc) is 2.95. The molecule has 4 rings (SSSR count). The summed E-state index contributed by atoms with van der Waals surface area (Å²) in [6, 6.07) is 10.7. The molecule has 0 saturated carbocycles. The molecule has 0 fully saturated rings. The van der Waals surface area contributed by atoms with Crippen molar-refractivity contribution in [1.29, 1.82) is 0 Å². The van der Waals surface area contributed by atoms with Crippen molar-refractivity contribution in [2.45, 2.75) is 38.0 Å². The lowest BCUT2D eigenvalue weighted by molar-refractivity contribution is 0.0974. The van der Waals surface area contributed by atoms with Crippen LogP contribution < -0.4 is 4.72 Å². The first-order chi connectivity index (χ1) is 12.4. The van der Waals surface area contributed by atoms with E-state index in [9.17, 15) is 13.2 Å². The molecule has 6 heteroatoms. The number of para-hydroxylation sites is 1. The number of H-pyrrole nitrogens is 1. The lowest BCUT2D eigenvalue weighted by Gasteiger charge is -2.13. The molecule has 1 aliphatic rings. The van der Waals surface area contributed by atoms with Crippen molar-refractivity contribution in [2.75, 3.05) is 4.72 Å². The molecule has 1 aromatic heterocycles. The van der Waals surface area contributed by atoms with Crippen LogP contribution in [0.5, 0.6) is 0 Å². The van der Waals surface area contributed by atoms with E-state index in [1.165, 1.54) is 0 Å². The predicted octanol–water partition coefficient (Wildman–Crippen LogP) is 4.10. The molecule has 134 valence electrons. The van der Waals surface area contributed by atoms with Crippen molar-refractivity contribution in [2.24, 2.45) is 0 Å². The zero-order valence-electron chi connectivity index (χ0n) is 14.7. The minimum Gasteiger partial charge on any atom is -0.358 e. The zero-order valence-corrected chi connectivity index (χ0v) is 15.5. The number of sulfonamides is 1. The summed E-state index contributed by atoms with van der Waals surface area (Å²) in [4.78, 5) is 15.8. The van der Waals surface area contributed by atoms with Gasteiger partial charge >= 0.3 is 0 Å². The highest BCUT2D eigenvalue weighted by atomic mass is 32.2. The second kappa shape index (κ2) is 5.99. The number of rotatable bonds is 3. The highest BCUT2D eigenvalue weighted by molar-refractivity contribution is 7.92. The van der Waals surface area contributed by atoms with E-state index in [1.54, 1.807) is 31.2 Å². The van der Waals surface area contributed by atoms with Crippen molar-refractivity contribution in [3.63, 3.8) is 0 Å². The van der Waals surface area contributed by atoms with Crippen LogP contribution >= 0.6 is 0 Å². The van der Waals surface area contributed by atoms with Gasteiger partial charge in [0.05, 0.1) is 10.6 Å². The predicted molar refractivity (Wildman–Crippen MR) is 102 cm³/mol. The first kappa shape index (κ1) is 16.8. The van der Waals surface area contributed by atoms with Gasteiger partial charge in [0, 0.05) is 28.6 Å². The number of aromatic nitrogens is 1. The standard InChI is InChI=1S/C20H20N2O3S/c1-12-6-3-4-7-15(12)22-26(24,25)19-11-17-14(10-13(19)2)20-16(21-17)8-5-9-18(20)23/h3-4,6-7,10-11,21-22H,5,8-9H2,1-2H3. The topological polar surface area (TPSA) is 79.0 Å². The molecule has 3 aromatic rings. The Morgan fingerprint density at radius 1 is 1.04 bits per heavy atom. The number of benzene rings is 2. The third-order valence-electron chi connectivity index (χ3n) is 4.96. The summed E-state index contributed by atoms with van der Waals surface area (Å²) < 4.78 is 28.5. The molecule has 0 spiro atoms. The third-order valence-corrected chi connectivity index (χ3v) is 6.47. The number of Topliss-reactive ketones (excluding diaryl/α,β-unsaturated/α-hetero) is 1. The lowest BCUT2D eigenvalue weighted by atomic mass is 9.94. The number of carbonyl (C=O) groups excluding carboxylic acids is 1. The van der Waals surface area contributed by atoms with E-state index in [0.29, 0.717) is 23.2 Å². The third kappa shape index (κ3) is 2.70. The molecule has 26 heavy (non-hydrogen) atoms. The molecule has 1 heterocycles. The van der Waals surface area contributed by atoms with Crippen molar-refractivity contribution in [3.05, 3.63) is 58.8 Å². The van der Waals surface area contributed by atoms with E-state index in [-0.39, 0.29) is 10.7 Å². The van der Waals surface area contributed by atoms with Crippen molar-refractivity contribution in [3.8, 4) is 0 Å². The smallest absolute Gasteiger partial charge is 0.262 e. The van der Waals surface area contributed by atoms with Crippen LogP contribution in [0, 0.1) is 13.8 Å². The maximum absolute atomic E-state index is 12.9. The molecule has 2 aromatic carbocycles. The van der Waals surface area contributed by atoms with Gasteiger partial charge in [0.25, 0.3) is 10.0 Å². The number of fused-ring (bicyclic) bond motifs is 3. The number of hydrogen-bond donors (Lipinski definition) is 2. The van der Waals surface area contributed by atoms with E-state index in [2.05, 4.69) is 9.71 Å².